The normalized spacial score (nSPS) is 22.2. The molecule has 150 valence electrons. The van der Waals surface area contributed by atoms with Gasteiger partial charge < -0.3 is 15.1 Å². The number of carbonyl (C=O) groups excluding carboxylic acids is 4. The summed E-state index contributed by atoms with van der Waals surface area (Å²) >= 11 is 0. The van der Waals surface area contributed by atoms with Crippen LogP contribution < -0.4 is 5.32 Å². The number of piperidine rings is 1. The van der Waals surface area contributed by atoms with Crippen molar-refractivity contribution in [2.24, 2.45) is 0 Å². The van der Waals surface area contributed by atoms with Crippen LogP contribution in [0.4, 0.5) is 0 Å². The third kappa shape index (κ3) is 3.62. The Labute approximate surface area is 169 Å². The van der Waals surface area contributed by atoms with Gasteiger partial charge in [-0.3, -0.25) is 24.1 Å². The number of halogens is 1. The second-order valence-corrected chi connectivity index (χ2v) is 7.14. The molecule has 2 fully saturated rings. The van der Waals surface area contributed by atoms with Gasteiger partial charge in [-0.1, -0.05) is 12.1 Å². The molecule has 1 unspecified atom stereocenters. The maximum atomic E-state index is 12.8. The van der Waals surface area contributed by atoms with Crippen LogP contribution in [0.3, 0.4) is 0 Å². The number of nitrogens with zero attached hydrogens (tertiary/aromatic N) is 3. The second-order valence-electron chi connectivity index (χ2n) is 7.14. The highest BCUT2D eigenvalue weighted by Gasteiger charge is 2.38. The van der Waals surface area contributed by atoms with Crippen LogP contribution in [0.1, 0.15) is 33.6 Å². The van der Waals surface area contributed by atoms with Gasteiger partial charge in [0.1, 0.15) is 6.54 Å². The van der Waals surface area contributed by atoms with Crippen LogP contribution in [0.5, 0.6) is 0 Å². The summed E-state index contributed by atoms with van der Waals surface area (Å²) in [6.45, 7) is 2.51. The van der Waals surface area contributed by atoms with E-state index < -0.39 is 11.8 Å². The molecule has 3 heterocycles. The summed E-state index contributed by atoms with van der Waals surface area (Å²) in [5.41, 5.74) is 0.691. The van der Waals surface area contributed by atoms with E-state index in [1.807, 2.05) is 4.90 Å². The van der Waals surface area contributed by atoms with Gasteiger partial charge in [0.25, 0.3) is 11.8 Å². The number of piperazine rings is 1. The number of rotatable bonds is 3. The number of fused-ring (bicyclic) bond motifs is 1. The monoisotopic (exact) mass is 406 g/mol. The lowest BCUT2D eigenvalue weighted by Crippen LogP contribution is -2.58. The first kappa shape index (κ1) is 20.3. The van der Waals surface area contributed by atoms with Gasteiger partial charge in [0.2, 0.25) is 11.8 Å². The quantitative estimate of drug-likeness (QED) is 0.720. The highest BCUT2D eigenvalue weighted by atomic mass is 35.5. The molecule has 1 N–H and O–H groups in total. The van der Waals surface area contributed by atoms with Crippen molar-refractivity contribution in [1.29, 1.82) is 0 Å². The number of hydrogen-bond donors (Lipinski definition) is 1. The van der Waals surface area contributed by atoms with Gasteiger partial charge in [-0.25, -0.2) is 0 Å². The molecule has 2 saturated heterocycles. The molecule has 1 atom stereocenters. The molecule has 0 bridgehead atoms. The maximum Gasteiger partial charge on any atom is 0.262 e. The topological polar surface area (TPSA) is 90.0 Å². The van der Waals surface area contributed by atoms with Crippen molar-refractivity contribution < 1.29 is 19.2 Å². The molecule has 1 aromatic rings. The molecule has 0 radical (unpaired) electrons. The highest BCUT2D eigenvalue weighted by molar-refractivity contribution is 6.22. The Balaban J connectivity index is 0.00000225. The fourth-order valence-corrected chi connectivity index (χ4v) is 4.06. The Hall–Kier alpha value is -2.45. The number of nitrogens with one attached hydrogen (secondary N) is 1. The molecule has 3 aliphatic heterocycles. The first-order valence-corrected chi connectivity index (χ1v) is 9.29. The van der Waals surface area contributed by atoms with E-state index in [9.17, 15) is 19.2 Å². The van der Waals surface area contributed by atoms with Crippen molar-refractivity contribution in [2.45, 2.75) is 18.9 Å². The van der Waals surface area contributed by atoms with Crippen molar-refractivity contribution in [3.05, 3.63) is 35.4 Å². The van der Waals surface area contributed by atoms with Gasteiger partial charge in [-0.05, 0) is 25.0 Å². The van der Waals surface area contributed by atoms with Gasteiger partial charge in [-0.2, -0.15) is 0 Å². The van der Waals surface area contributed by atoms with Gasteiger partial charge in [0.15, 0.2) is 0 Å². The van der Waals surface area contributed by atoms with E-state index in [0.29, 0.717) is 37.3 Å². The van der Waals surface area contributed by atoms with E-state index in [4.69, 9.17) is 0 Å². The van der Waals surface area contributed by atoms with Crippen molar-refractivity contribution in [3.8, 4) is 0 Å². The SMILES string of the molecule is Cl.O=C(CN1C(=O)c2ccccc2C1=O)N1CCCC(N2CCNCC2=O)C1. The van der Waals surface area contributed by atoms with Crippen LogP contribution in [0.25, 0.3) is 0 Å². The molecule has 4 amide bonds. The predicted molar refractivity (Wildman–Crippen MR) is 103 cm³/mol. The number of likely N-dealkylation sites (tertiary alicyclic amines) is 1. The Kier molecular flexibility index (Phi) is 6.00. The molecule has 28 heavy (non-hydrogen) atoms. The fourth-order valence-electron chi connectivity index (χ4n) is 4.06. The largest absolute Gasteiger partial charge is 0.339 e. The van der Waals surface area contributed by atoms with Crippen molar-refractivity contribution in [2.75, 3.05) is 39.3 Å². The van der Waals surface area contributed by atoms with Crippen LogP contribution in [0, 0.1) is 0 Å². The molecule has 8 nitrogen and oxygen atoms in total. The van der Waals surface area contributed by atoms with Gasteiger partial charge >= 0.3 is 0 Å². The summed E-state index contributed by atoms with van der Waals surface area (Å²) in [6.07, 6.45) is 1.66. The van der Waals surface area contributed by atoms with E-state index in [0.717, 1.165) is 24.3 Å². The zero-order chi connectivity index (χ0) is 19.0. The van der Waals surface area contributed by atoms with Crippen LogP contribution >= 0.6 is 12.4 Å². The summed E-state index contributed by atoms with van der Waals surface area (Å²) in [7, 11) is 0. The minimum absolute atomic E-state index is 0. The number of amides is 4. The molecule has 0 spiro atoms. The zero-order valence-corrected chi connectivity index (χ0v) is 16.2. The predicted octanol–water partition coefficient (Wildman–Crippen LogP) is 0.127. The lowest BCUT2D eigenvalue weighted by Gasteiger charge is -2.41. The summed E-state index contributed by atoms with van der Waals surface area (Å²) < 4.78 is 0. The standard InChI is InChI=1S/C19H22N4O4.ClH/c24-16-10-20-7-9-22(16)13-4-3-8-21(11-13)17(25)12-23-18(26)14-5-1-2-6-15(14)19(23)27;/h1-2,5-6,13,20H,3-4,7-12H2;1H. The Morgan fingerprint density at radius 1 is 1.07 bits per heavy atom. The first-order chi connectivity index (χ1) is 13.1. The summed E-state index contributed by atoms with van der Waals surface area (Å²) in [4.78, 5) is 54.3. The van der Waals surface area contributed by atoms with Gasteiger partial charge in [0.05, 0.1) is 17.7 Å². The average molecular weight is 407 g/mol. The third-order valence-electron chi connectivity index (χ3n) is 5.49. The Morgan fingerprint density at radius 2 is 1.75 bits per heavy atom. The molecule has 4 rings (SSSR count). The number of benzene rings is 1. The highest BCUT2D eigenvalue weighted by Crippen LogP contribution is 2.23. The molecule has 3 aliphatic rings. The molecule has 9 heteroatoms. The molecule has 0 saturated carbocycles. The van der Waals surface area contributed by atoms with Gasteiger partial charge in [-0.15, -0.1) is 12.4 Å². The minimum atomic E-state index is -0.421. The molecular formula is C19H23ClN4O4. The Morgan fingerprint density at radius 3 is 2.39 bits per heavy atom. The smallest absolute Gasteiger partial charge is 0.262 e. The summed E-state index contributed by atoms with van der Waals surface area (Å²) in [6, 6.07) is 6.61. The first-order valence-electron chi connectivity index (χ1n) is 9.29. The fraction of sp³-hybridized carbons (Fsp3) is 0.474. The second kappa shape index (κ2) is 8.28. The van der Waals surface area contributed by atoms with E-state index in [1.165, 1.54) is 0 Å². The van der Waals surface area contributed by atoms with Crippen molar-refractivity contribution >= 4 is 36.0 Å². The zero-order valence-electron chi connectivity index (χ0n) is 15.4. The van der Waals surface area contributed by atoms with E-state index in [1.54, 1.807) is 29.2 Å². The lowest BCUT2D eigenvalue weighted by molar-refractivity contribution is -0.140. The lowest BCUT2D eigenvalue weighted by atomic mass is 10.0. The molecular weight excluding hydrogens is 384 g/mol. The number of hydrogen-bond acceptors (Lipinski definition) is 5. The number of carbonyl (C=O) groups is 4. The summed E-state index contributed by atoms with van der Waals surface area (Å²) in [5.74, 6) is -1.04. The molecule has 0 aliphatic carbocycles. The van der Waals surface area contributed by atoms with Crippen LogP contribution in [0.2, 0.25) is 0 Å². The minimum Gasteiger partial charge on any atom is -0.339 e. The van der Waals surface area contributed by atoms with Crippen LogP contribution in [-0.4, -0.2) is 83.6 Å². The third-order valence-corrected chi connectivity index (χ3v) is 5.49. The van der Waals surface area contributed by atoms with E-state index in [2.05, 4.69) is 5.32 Å². The number of imide groups is 1. The summed E-state index contributed by atoms with van der Waals surface area (Å²) in [5, 5.41) is 3.05. The molecule has 1 aromatic carbocycles. The molecule has 0 aromatic heterocycles. The maximum absolute atomic E-state index is 12.8. The van der Waals surface area contributed by atoms with Crippen molar-refractivity contribution in [1.82, 2.24) is 20.0 Å². The van der Waals surface area contributed by atoms with Crippen LogP contribution in [0.15, 0.2) is 24.3 Å². The van der Waals surface area contributed by atoms with Crippen molar-refractivity contribution in [3.63, 3.8) is 0 Å². The van der Waals surface area contributed by atoms with E-state index >= 15 is 0 Å². The van der Waals surface area contributed by atoms with Crippen LogP contribution in [-0.2, 0) is 9.59 Å². The van der Waals surface area contributed by atoms with E-state index in [-0.39, 0.29) is 36.8 Å². The average Bonchev–Trinajstić information content (AvgIpc) is 2.93. The van der Waals surface area contributed by atoms with Gasteiger partial charge in [0, 0.05) is 32.2 Å². The Bertz CT molecular complexity index is 780.